The molecule has 1 aliphatic heterocycles. The summed E-state index contributed by atoms with van der Waals surface area (Å²) in [5, 5.41) is 4.07. The zero-order chi connectivity index (χ0) is 18.7. The first-order chi connectivity index (χ1) is 12.5. The second-order valence-electron chi connectivity index (χ2n) is 6.17. The molecule has 2 aromatic rings. The normalized spacial score (nSPS) is 17.1. The fourth-order valence-corrected chi connectivity index (χ4v) is 3.01. The minimum atomic E-state index is -0.0456. The molecule has 0 N–H and O–H groups in total. The predicted molar refractivity (Wildman–Crippen MR) is 93.5 cm³/mol. The van der Waals surface area contributed by atoms with Crippen molar-refractivity contribution in [1.82, 2.24) is 29.6 Å². The molecule has 1 saturated heterocycles. The summed E-state index contributed by atoms with van der Waals surface area (Å²) in [6.07, 6.45) is 5.15. The van der Waals surface area contributed by atoms with E-state index in [1.54, 1.807) is 29.0 Å². The minimum absolute atomic E-state index is 0.0456. The molecule has 2 aromatic heterocycles. The number of carbonyl (C=O) groups excluding carboxylic acids is 1. The highest BCUT2D eigenvalue weighted by Gasteiger charge is 2.29. The van der Waals surface area contributed by atoms with Gasteiger partial charge in [-0.05, 0) is 12.8 Å². The van der Waals surface area contributed by atoms with Gasteiger partial charge in [0.1, 0.15) is 0 Å². The number of aryl methyl sites for hydroxylation is 1. The Morgan fingerprint density at radius 2 is 1.92 bits per heavy atom. The Bertz CT molecular complexity index is 757. The number of ether oxygens (including phenoxy) is 2. The first-order valence-electron chi connectivity index (χ1n) is 8.36. The van der Waals surface area contributed by atoms with Gasteiger partial charge in [-0.3, -0.25) is 9.48 Å². The van der Waals surface area contributed by atoms with Crippen molar-refractivity contribution in [2.75, 3.05) is 39.3 Å². The molecule has 0 aromatic carbocycles. The first-order valence-corrected chi connectivity index (χ1v) is 8.36. The maximum Gasteiger partial charge on any atom is 0.324 e. The van der Waals surface area contributed by atoms with Crippen molar-refractivity contribution in [3.8, 4) is 12.0 Å². The largest absolute Gasteiger partial charge is 0.467 e. The molecule has 1 aliphatic rings. The number of hydrogen-bond donors (Lipinski definition) is 0. The third-order valence-corrected chi connectivity index (χ3v) is 4.45. The van der Waals surface area contributed by atoms with Crippen molar-refractivity contribution in [2.24, 2.45) is 7.05 Å². The third kappa shape index (κ3) is 3.68. The van der Waals surface area contributed by atoms with Crippen molar-refractivity contribution >= 4 is 11.9 Å². The second-order valence-corrected chi connectivity index (χ2v) is 6.17. The Morgan fingerprint density at radius 1 is 1.23 bits per heavy atom. The van der Waals surface area contributed by atoms with Gasteiger partial charge in [-0.15, -0.1) is 4.98 Å². The first kappa shape index (κ1) is 17.9. The maximum atomic E-state index is 12.7. The fraction of sp³-hybridized carbons (Fsp3) is 0.562. The van der Waals surface area contributed by atoms with E-state index >= 15 is 0 Å². The Labute approximate surface area is 151 Å². The van der Waals surface area contributed by atoms with Crippen LogP contribution in [0.25, 0.3) is 0 Å². The zero-order valence-electron chi connectivity index (χ0n) is 15.4. The molecule has 3 heterocycles. The molecule has 10 nitrogen and oxygen atoms in total. The number of aromatic nitrogens is 5. The van der Waals surface area contributed by atoms with Gasteiger partial charge in [-0.25, -0.2) is 0 Å². The number of methoxy groups -OCH3 is 2. The predicted octanol–water partition coefficient (Wildman–Crippen LogP) is 0.363. The van der Waals surface area contributed by atoms with Gasteiger partial charge < -0.3 is 19.3 Å². The van der Waals surface area contributed by atoms with Gasteiger partial charge in [0.2, 0.25) is 5.95 Å². The van der Waals surface area contributed by atoms with Crippen LogP contribution in [0.15, 0.2) is 12.4 Å². The smallest absolute Gasteiger partial charge is 0.324 e. The van der Waals surface area contributed by atoms with Crippen LogP contribution in [0.5, 0.6) is 12.0 Å². The van der Waals surface area contributed by atoms with E-state index in [-0.39, 0.29) is 24.0 Å². The highest BCUT2D eigenvalue weighted by molar-refractivity contribution is 5.93. The van der Waals surface area contributed by atoms with Crippen molar-refractivity contribution < 1.29 is 14.3 Å². The van der Waals surface area contributed by atoms with Crippen LogP contribution in [-0.2, 0) is 7.05 Å². The number of likely N-dealkylation sites (N-methyl/N-ethyl adjacent to an activating group) is 1. The number of carbonyl (C=O) groups is 1. The highest BCUT2D eigenvalue weighted by atomic mass is 16.5. The topological polar surface area (TPSA) is 98.5 Å². The lowest BCUT2D eigenvalue weighted by Crippen LogP contribution is -2.49. The van der Waals surface area contributed by atoms with E-state index in [1.165, 1.54) is 14.2 Å². The van der Waals surface area contributed by atoms with Gasteiger partial charge in [-0.2, -0.15) is 15.1 Å². The summed E-state index contributed by atoms with van der Waals surface area (Å²) < 4.78 is 11.9. The van der Waals surface area contributed by atoms with Gasteiger partial charge in [0.25, 0.3) is 5.91 Å². The van der Waals surface area contributed by atoms with E-state index in [2.05, 4.69) is 20.1 Å². The Hall–Kier alpha value is -2.91. The van der Waals surface area contributed by atoms with Crippen LogP contribution < -0.4 is 14.4 Å². The molecule has 0 radical (unpaired) electrons. The standard InChI is InChI=1S/C16H23N7O3/c1-21-9-11(8-17-21)13(24)22(2)12-6-5-7-23(10-12)14-18-15(25-3)20-16(19-14)26-4/h8-9,12H,5-7,10H2,1-4H3. The SMILES string of the molecule is COc1nc(OC)nc(N2CCCC(N(C)C(=O)c3cnn(C)c3)C2)n1. The van der Waals surface area contributed by atoms with E-state index in [0.29, 0.717) is 18.1 Å². The van der Waals surface area contributed by atoms with Gasteiger partial charge in [0.05, 0.1) is 26.0 Å². The third-order valence-electron chi connectivity index (χ3n) is 4.45. The molecule has 1 fully saturated rings. The Kier molecular flexibility index (Phi) is 5.19. The lowest BCUT2D eigenvalue weighted by Gasteiger charge is -2.37. The molecule has 26 heavy (non-hydrogen) atoms. The molecule has 0 bridgehead atoms. The zero-order valence-corrected chi connectivity index (χ0v) is 15.4. The van der Waals surface area contributed by atoms with E-state index in [4.69, 9.17) is 9.47 Å². The summed E-state index contributed by atoms with van der Waals surface area (Å²) in [5.41, 5.74) is 0.579. The van der Waals surface area contributed by atoms with E-state index < -0.39 is 0 Å². The minimum Gasteiger partial charge on any atom is -0.467 e. The molecule has 0 saturated carbocycles. The summed E-state index contributed by atoms with van der Waals surface area (Å²) in [6, 6.07) is 0.452. The molecule has 0 spiro atoms. The van der Waals surface area contributed by atoms with Gasteiger partial charge in [0, 0.05) is 39.4 Å². The van der Waals surface area contributed by atoms with Gasteiger partial charge in [0.15, 0.2) is 0 Å². The van der Waals surface area contributed by atoms with Gasteiger partial charge in [-0.1, -0.05) is 0 Å². The van der Waals surface area contributed by atoms with E-state index in [0.717, 1.165) is 19.4 Å². The monoisotopic (exact) mass is 361 g/mol. The number of anilines is 1. The molecule has 1 unspecified atom stereocenters. The van der Waals surface area contributed by atoms with Crippen LogP contribution in [0, 0.1) is 0 Å². The Balaban J connectivity index is 1.75. The van der Waals surface area contributed by atoms with Crippen molar-refractivity contribution in [1.29, 1.82) is 0 Å². The summed E-state index contributed by atoms with van der Waals surface area (Å²) in [4.78, 5) is 29.1. The summed E-state index contributed by atoms with van der Waals surface area (Å²) in [7, 11) is 6.61. The van der Waals surface area contributed by atoms with Crippen LogP contribution in [0.3, 0.4) is 0 Å². The molecule has 1 atom stereocenters. The number of amides is 1. The quantitative estimate of drug-likeness (QED) is 0.753. The van der Waals surface area contributed by atoms with Crippen molar-refractivity contribution in [3.63, 3.8) is 0 Å². The summed E-state index contributed by atoms with van der Waals surface area (Å²) >= 11 is 0. The number of piperidine rings is 1. The summed E-state index contributed by atoms with van der Waals surface area (Å²) in [5.74, 6) is 0.441. The van der Waals surface area contributed by atoms with Crippen LogP contribution in [-0.4, -0.2) is 75.9 Å². The van der Waals surface area contributed by atoms with Gasteiger partial charge >= 0.3 is 12.0 Å². The van der Waals surface area contributed by atoms with Crippen LogP contribution in [0.1, 0.15) is 23.2 Å². The van der Waals surface area contributed by atoms with Crippen molar-refractivity contribution in [3.05, 3.63) is 18.0 Å². The lowest BCUT2D eigenvalue weighted by molar-refractivity contribution is 0.0716. The van der Waals surface area contributed by atoms with E-state index in [9.17, 15) is 4.79 Å². The maximum absolute atomic E-state index is 12.7. The second kappa shape index (κ2) is 7.54. The van der Waals surface area contributed by atoms with Crippen LogP contribution >= 0.6 is 0 Å². The average molecular weight is 361 g/mol. The number of hydrogen-bond acceptors (Lipinski definition) is 8. The number of nitrogens with zero attached hydrogens (tertiary/aromatic N) is 7. The van der Waals surface area contributed by atoms with Crippen LogP contribution in [0.2, 0.25) is 0 Å². The molecule has 3 rings (SSSR count). The average Bonchev–Trinajstić information content (AvgIpc) is 3.12. The molecule has 0 aliphatic carbocycles. The molecule has 140 valence electrons. The Morgan fingerprint density at radius 3 is 2.50 bits per heavy atom. The van der Waals surface area contributed by atoms with Crippen molar-refractivity contribution in [2.45, 2.75) is 18.9 Å². The highest BCUT2D eigenvalue weighted by Crippen LogP contribution is 2.22. The van der Waals surface area contributed by atoms with Crippen LogP contribution in [0.4, 0.5) is 5.95 Å². The molecule has 10 heteroatoms. The molecular weight excluding hydrogens is 338 g/mol. The molecule has 1 amide bonds. The summed E-state index contributed by atoms with van der Waals surface area (Å²) in [6.45, 7) is 1.42. The lowest BCUT2D eigenvalue weighted by atomic mass is 10.0. The molecular formula is C16H23N7O3. The number of rotatable bonds is 5. The van der Waals surface area contributed by atoms with E-state index in [1.807, 2.05) is 11.9 Å². The fourth-order valence-electron chi connectivity index (χ4n) is 3.01.